The first kappa shape index (κ1) is 21.4. The van der Waals surface area contributed by atoms with E-state index in [1.54, 1.807) is 18.5 Å². The molecule has 2 aliphatic carbocycles. The van der Waals surface area contributed by atoms with Crippen LogP contribution in [0.15, 0.2) is 24.5 Å². The van der Waals surface area contributed by atoms with Gasteiger partial charge in [0.25, 0.3) is 0 Å². The number of pyridine rings is 1. The Labute approximate surface area is 192 Å². The Morgan fingerprint density at radius 3 is 2.94 bits per heavy atom. The lowest BCUT2D eigenvalue weighted by Crippen LogP contribution is -2.45. The summed E-state index contributed by atoms with van der Waals surface area (Å²) in [7, 11) is 0. The minimum absolute atomic E-state index is 0.0124. The van der Waals surface area contributed by atoms with Gasteiger partial charge in [-0.25, -0.2) is 9.97 Å². The third-order valence-electron chi connectivity index (χ3n) is 7.07. The number of piperidine rings is 1. The minimum Gasteiger partial charge on any atom is -0.475 e. The maximum Gasteiger partial charge on any atom is 0.229 e. The van der Waals surface area contributed by atoms with Gasteiger partial charge in [-0.1, -0.05) is 6.92 Å². The molecule has 3 fully saturated rings. The van der Waals surface area contributed by atoms with E-state index in [-0.39, 0.29) is 36.5 Å². The monoisotopic (exact) mass is 449 g/mol. The molecule has 0 unspecified atom stereocenters. The second kappa shape index (κ2) is 8.15. The van der Waals surface area contributed by atoms with Gasteiger partial charge in [0.15, 0.2) is 0 Å². The molecule has 2 saturated carbocycles. The van der Waals surface area contributed by atoms with Gasteiger partial charge in [-0.15, -0.1) is 0 Å². The van der Waals surface area contributed by atoms with Gasteiger partial charge in [0, 0.05) is 36.8 Å². The molecule has 10 heteroatoms. The number of ether oxygens (including phenoxy) is 1. The summed E-state index contributed by atoms with van der Waals surface area (Å²) in [5.41, 5.74) is 1.45. The third-order valence-corrected chi connectivity index (χ3v) is 7.07. The van der Waals surface area contributed by atoms with Crippen LogP contribution in [-0.2, 0) is 4.79 Å². The molecule has 1 saturated heterocycles. The Morgan fingerprint density at radius 2 is 2.24 bits per heavy atom. The first-order chi connectivity index (χ1) is 15.9. The maximum atomic E-state index is 12.6. The second-order valence-corrected chi connectivity index (χ2v) is 9.17. The minimum atomic E-state index is -0.237. The number of amides is 1. The standard InChI is InChI=1S/C23H27N7O3/c1-13-9-26-22(27-16-3-4-19(25-10-16)33-6-5-31)28-20(13)30-11-18-14(2)23(18,12-30)29-21(32)17-7-15(17)8-24/h3-4,9-10,14-15,17-18,31H,5-7,11-12H2,1-2H3,(H,29,32)(H,26,27,28)/t14-,15-,17+,18+,23+/m1/s1. The van der Waals surface area contributed by atoms with Crippen LogP contribution in [0.2, 0.25) is 0 Å². The third kappa shape index (κ3) is 3.93. The summed E-state index contributed by atoms with van der Waals surface area (Å²) in [6.07, 6.45) is 4.08. The van der Waals surface area contributed by atoms with Gasteiger partial charge in [0.1, 0.15) is 12.4 Å². The predicted octanol–water partition coefficient (Wildman–Crippen LogP) is 1.40. The van der Waals surface area contributed by atoms with E-state index in [1.165, 1.54) is 0 Å². The molecule has 0 bridgehead atoms. The zero-order valence-corrected chi connectivity index (χ0v) is 18.7. The highest BCUT2D eigenvalue weighted by molar-refractivity contribution is 5.84. The van der Waals surface area contributed by atoms with Crippen LogP contribution in [-0.4, -0.2) is 57.8 Å². The molecule has 10 nitrogen and oxygen atoms in total. The normalized spacial score (nSPS) is 29.1. The first-order valence-corrected chi connectivity index (χ1v) is 11.2. The highest BCUT2D eigenvalue weighted by atomic mass is 16.5. The van der Waals surface area contributed by atoms with Crippen molar-refractivity contribution in [3.63, 3.8) is 0 Å². The summed E-state index contributed by atoms with van der Waals surface area (Å²) in [6.45, 7) is 5.81. The number of hydrogen-bond donors (Lipinski definition) is 3. The number of fused-ring (bicyclic) bond motifs is 1. The van der Waals surface area contributed by atoms with Crippen LogP contribution in [0.25, 0.3) is 0 Å². The van der Waals surface area contributed by atoms with Gasteiger partial charge in [-0.05, 0) is 25.3 Å². The van der Waals surface area contributed by atoms with E-state index in [4.69, 9.17) is 20.1 Å². The van der Waals surface area contributed by atoms with Crippen LogP contribution >= 0.6 is 0 Å². The van der Waals surface area contributed by atoms with Gasteiger partial charge in [-0.3, -0.25) is 4.79 Å². The highest BCUT2D eigenvalue weighted by Crippen LogP contribution is 2.56. The summed E-state index contributed by atoms with van der Waals surface area (Å²) < 4.78 is 5.28. The Hall–Kier alpha value is -3.45. The van der Waals surface area contributed by atoms with Crippen molar-refractivity contribution in [3.05, 3.63) is 30.1 Å². The lowest BCUT2D eigenvalue weighted by atomic mass is 10.2. The van der Waals surface area contributed by atoms with Crippen molar-refractivity contribution >= 4 is 23.4 Å². The fourth-order valence-corrected chi connectivity index (χ4v) is 4.92. The molecule has 5 atom stereocenters. The summed E-state index contributed by atoms with van der Waals surface area (Å²) in [4.78, 5) is 28.2. The number of carbonyl (C=O) groups is 1. The first-order valence-electron chi connectivity index (χ1n) is 11.2. The Balaban J connectivity index is 1.26. The van der Waals surface area contributed by atoms with Crippen LogP contribution in [0, 0.1) is 41.9 Å². The summed E-state index contributed by atoms with van der Waals surface area (Å²) >= 11 is 0. The van der Waals surface area contributed by atoms with Crippen molar-refractivity contribution in [2.24, 2.45) is 23.7 Å². The molecule has 1 aliphatic heterocycles. The summed E-state index contributed by atoms with van der Waals surface area (Å²) in [5.74, 6) is 2.26. The smallest absolute Gasteiger partial charge is 0.229 e. The molecule has 0 radical (unpaired) electrons. The molecular formula is C23H27N7O3. The van der Waals surface area contributed by atoms with Gasteiger partial charge in [-0.2, -0.15) is 10.2 Å². The van der Waals surface area contributed by atoms with E-state index in [0.717, 1.165) is 23.6 Å². The van der Waals surface area contributed by atoms with E-state index in [0.29, 0.717) is 36.6 Å². The number of aromatic nitrogens is 3. The molecule has 172 valence electrons. The summed E-state index contributed by atoms with van der Waals surface area (Å²) in [5, 5.41) is 24.3. The van der Waals surface area contributed by atoms with Crippen molar-refractivity contribution in [1.29, 1.82) is 5.26 Å². The fraction of sp³-hybridized carbons (Fsp3) is 0.522. The van der Waals surface area contributed by atoms with E-state index in [2.05, 4.69) is 38.5 Å². The molecule has 3 N–H and O–H groups in total. The van der Waals surface area contributed by atoms with Crippen LogP contribution in [0.5, 0.6) is 5.88 Å². The van der Waals surface area contributed by atoms with Gasteiger partial charge in [0.05, 0.1) is 41.9 Å². The molecule has 1 amide bonds. The number of nitriles is 1. The highest BCUT2D eigenvalue weighted by Gasteiger charge is 2.68. The molecule has 0 aromatic carbocycles. The number of aliphatic hydroxyl groups excluding tert-OH is 1. The average molecular weight is 450 g/mol. The van der Waals surface area contributed by atoms with Gasteiger partial charge >= 0.3 is 0 Å². The maximum absolute atomic E-state index is 12.6. The Morgan fingerprint density at radius 1 is 1.39 bits per heavy atom. The molecule has 5 rings (SSSR count). The van der Waals surface area contributed by atoms with Crippen LogP contribution in [0.1, 0.15) is 18.9 Å². The van der Waals surface area contributed by atoms with Crippen molar-refractivity contribution in [1.82, 2.24) is 20.3 Å². The van der Waals surface area contributed by atoms with Crippen LogP contribution in [0.4, 0.5) is 17.5 Å². The van der Waals surface area contributed by atoms with Crippen molar-refractivity contribution in [2.45, 2.75) is 25.8 Å². The number of carbonyl (C=O) groups excluding carboxylic acids is 1. The molecular weight excluding hydrogens is 422 g/mol. The SMILES string of the molecule is Cc1cnc(Nc2ccc(OCCO)nc2)nc1N1C[C@H]2[C@@H](C)[C@@]2(NC(=O)[C@H]2C[C@@H]2C#N)C1. The average Bonchev–Trinajstić information content (AvgIpc) is 3.67. The van der Waals surface area contributed by atoms with E-state index >= 15 is 0 Å². The lowest BCUT2D eigenvalue weighted by molar-refractivity contribution is -0.123. The molecule has 0 spiro atoms. The number of hydrogen-bond acceptors (Lipinski definition) is 9. The number of nitrogens with one attached hydrogen (secondary N) is 2. The fourth-order valence-electron chi connectivity index (χ4n) is 4.92. The zero-order valence-electron chi connectivity index (χ0n) is 18.7. The Kier molecular flexibility index (Phi) is 5.29. The van der Waals surface area contributed by atoms with Crippen molar-refractivity contribution < 1.29 is 14.6 Å². The molecule has 2 aromatic heterocycles. The molecule has 3 aliphatic rings. The molecule has 2 aromatic rings. The lowest BCUT2D eigenvalue weighted by Gasteiger charge is -2.26. The number of aryl methyl sites for hydroxylation is 1. The predicted molar refractivity (Wildman–Crippen MR) is 120 cm³/mol. The molecule has 33 heavy (non-hydrogen) atoms. The Bertz CT molecular complexity index is 1100. The van der Waals surface area contributed by atoms with E-state index < -0.39 is 0 Å². The van der Waals surface area contributed by atoms with E-state index in [1.807, 2.05) is 13.0 Å². The number of anilines is 3. The number of aliphatic hydroxyl groups is 1. The summed E-state index contributed by atoms with van der Waals surface area (Å²) in [6, 6.07) is 5.72. The van der Waals surface area contributed by atoms with Crippen molar-refractivity contribution in [3.8, 4) is 11.9 Å². The molecule has 3 heterocycles. The van der Waals surface area contributed by atoms with Crippen LogP contribution in [0.3, 0.4) is 0 Å². The van der Waals surface area contributed by atoms with Crippen LogP contribution < -0.4 is 20.3 Å². The quantitative estimate of drug-likeness (QED) is 0.546. The van der Waals surface area contributed by atoms with Crippen molar-refractivity contribution in [2.75, 3.05) is 36.5 Å². The van der Waals surface area contributed by atoms with Gasteiger partial charge < -0.3 is 25.4 Å². The van der Waals surface area contributed by atoms with Gasteiger partial charge in [0.2, 0.25) is 17.7 Å². The largest absolute Gasteiger partial charge is 0.475 e. The topological polar surface area (TPSA) is 136 Å². The number of nitrogens with zero attached hydrogens (tertiary/aromatic N) is 5. The van der Waals surface area contributed by atoms with E-state index in [9.17, 15) is 4.79 Å². The number of rotatable bonds is 8. The zero-order chi connectivity index (χ0) is 23.2. The second-order valence-electron chi connectivity index (χ2n) is 9.17.